The molecule has 7 heteroatoms. The zero-order valence-electron chi connectivity index (χ0n) is 13.3. The van der Waals surface area contributed by atoms with E-state index in [1.165, 1.54) is 0 Å². The fraction of sp³-hybridized carbons (Fsp3) is 0.846. The molecule has 1 N–H and O–H groups in total. The van der Waals surface area contributed by atoms with Gasteiger partial charge in [0.15, 0.2) is 0 Å². The number of carbonyl (C=O) groups excluding carboxylic acids is 2. The lowest BCUT2D eigenvalue weighted by Gasteiger charge is -2.22. The van der Waals surface area contributed by atoms with Gasteiger partial charge in [-0.3, -0.25) is 0 Å². The van der Waals surface area contributed by atoms with Crippen LogP contribution < -0.4 is 5.32 Å². The van der Waals surface area contributed by atoms with Crippen molar-refractivity contribution in [2.45, 2.75) is 58.1 Å². The molecule has 0 spiro atoms. The van der Waals surface area contributed by atoms with E-state index in [-0.39, 0.29) is 5.75 Å². The monoisotopic (exact) mass is 321 g/mol. The lowest BCUT2D eigenvalue weighted by Crippen LogP contribution is -2.45. The first-order chi connectivity index (χ1) is 8.94. The van der Waals surface area contributed by atoms with E-state index in [0.29, 0.717) is 6.61 Å². The summed E-state index contributed by atoms with van der Waals surface area (Å²) in [6.07, 6.45) is -0.640. The molecule has 0 aliphatic carbocycles. The lowest BCUT2D eigenvalue weighted by atomic mass is 10.2. The number of nitrogens with one attached hydrogen (secondary N) is 1. The van der Waals surface area contributed by atoms with E-state index in [1.807, 2.05) is 0 Å². The van der Waals surface area contributed by atoms with Crippen LogP contribution in [0.1, 0.15) is 20.8 Å². The minimum absolute atomic E-state index is 0.172. The van der Waals surface area contributed by atoms with Crippen molar-refractivity contribution in [1.29, 1.82) is 0 Å². The first-order valence-electron chi connectivity index (χ1n) is 6.71. The molecule has 0 saturated heterocycles. The molecule has 0 aromatic rings. The summed E-state index contributed by atoms with van der Waals surface area (Å²) in [5.41, 5.74) is -0.604. The van der Waals surface area contributed by atoms with Gasteiger partial charge in [0.25, 0.3) is 0 Å². The van der Waals surface area contributed by atoms with Crippen LogP contribution in [0.15, 0.2) is 0 Å². The van der Waals surface area contributed by atoms with Crippen LogP contribution in [0.5, 0.6) is 0 Å². The van der Waals surface area contributed by atoms with E-state index >= 15 is 0 Å². The van der Waals surface area contributed by atoms with Gasteiger partial charge in [-0.05, 0) is 26.8 Å². The van der Waals surface area contributed by atoms with Gasteiger partial charge < -0.3 is 14.8 Å². The van der Waals surface area contributed by atoms with E-state index in [2.05, 4.69) is 37.6 Å². The van der Waals surface area contributed by atoms with Gasteiger partial charge in [-0.25, -0.2) is 9.59 Å². The number of alkyl carbamates (subject to hydrolysis) is 1. The minimum Gasteiger partial charge on any atom is -0.464 e. The van der Waals surface area contributed by atoms with Crippen LogP contribution in [0.4, 0.5) is 4.79 Å². The third-order valence-corrected chi connectivity index (χ3v) is 4.32. The van der Waals surface area contributed by atoms with Gasteiger partial charge in [0.1, 0.15) is 11.6 Å². The van der Waals surface area contributed by atoms with Crippen LogP contribution in [-0.2, 0) is 14.3 Å². The largest absolute Gasteiger partial charge is 0.464 e. The minimum atomic E-state index is -1.24. The summed E-state index contributed by atoms with van der Waals surface area (Å²) >= 11 is 4.06. The molecule has 0 unspecified atom stereocenters. The highest BCUT2D eigenvalue weighted by molar-refractivity contribution is 7.80. The number of ether oxygens (including phenoxy) is 2. The molecule has 0 rings (SSSR count). The highest BCUT2D eigenvalue weighted by Crippen LogP contribution is 2.09. The molecular formula is C13H27NO4SSi. The molecule has 0 radical (unpaired) electrons. The number of esters is 1. The van der Waals surface area contributed by atoms with Crippen LogP contribution in [0, 0.1) is 0 Å². The maximum Gasteiger partial charge on any atom is 0.408 e. The van der Waals surface area contributed by atoms with Crippen LogP contribution in [-0.4, -0.2) is 44.1 Å². The van der Waals surface area contributed by atoms with E-state index in [4.69, 9.17) is 9.47 Å². The summed E-state index contributed by atoms with van der Waals surface area (Å²) < 4.78 is 10.3. The molecule has 1 amide bonds. The van der Waals surface area contributed by atoms with Crippen molar-refractivity contribution in [3.63, 3.8) is 0 Å². The molecule has 0 aliphatic rings. The third kappa shape index (κ3) is 10.1. The second kappa shape index (κ2) is 7.92. The van der Waals surface area contributed by atoms with E-state index in [9.17, 15) is 9.59 Å². The Kier molecular flexibility index (Phi) is 7.65. The second-order valence-corrected chi connectivity index (χ2v) is 12.8. The maximum atomic E-state index is 11.8. The zero-order chi connectivity index (χ0) is 16.0. The van der Waals surface area contributed by atoms with Crippen molar-refractivity contribution in [2.24, 2.45) is 0 Å². The van der Waals surface area contributed by atoms with Crippen LogP contribution in [0.25, 0.3) is 0 Å². The van der Waals surface area contributed by atoms with Crippen molar-refractivity contribution in [3.05, 3.63) is 0 Å². The molecule has 0 aromatic heterocycles. The average molecular weight is 322 g/mol. The molecule has 20 heavy (non-hydrogen) atoms. The Labute approximate surface area is 128 Å². The maximum absolute atomic E-state index is 11.8. The first-order valence-corrected chi connectivity index (χ1v) is 11.1. The third-order valence-electron chi connectivity index (χ3n) is 2.25. The Bertz CT molecular complexity index is 336. The molecule has 5 nitrogen and oxygen atoms in total. The summed E-state index contributed by atoms with van der Waals surface area (Å²) in [7, 11) is -1.24. The van der Waals surface area contributed by atoms with Gasteiger partial charge in [-0.1, -0.05) is 19.6 Å². The molecule has 0 aliphatic heterocycles. The highest BCUT2D eigenvalue weighted by Gasteiger charge is 2.25. The predicted molar refractivity (Wildman–Crippen MR) is 86.1 cm³/mol. The van der Waals surface area contributed by atoms with Gasteiger partial charge in [-0.15, -0.1) is 0 Å². The Morgan fingerprint density at radius 1 is 1.25 bits per heavy atom. The Morgan fingerprint density at radius 3 is 2.20 bits per heavy atom. The summed E-state index contributed by atoms with van der Waals surface area (Å²) in [4.78, 5) is 23.4. The van der Waals surface area contributed by atoms with Crippen molar-refractivity contribution < 1.29 is 19.1 Å². The molecular weight excluding hydrogens is 294 g/mol. The van der Waals surface area contributed by atoms with Crippen molar-refractivity contribution >= 4 is 32.8 Å². The summed E-state index contributed by atoms with van der Waals surface area (Å²) in [5.74, 6) is -0.297. The zero-order valence-corrected chi connectivity index (χ0v) is 15.2. The van der Waals surface area contributed by atoms with Crippen LogP contribution >= 0.6 is 12.6 Å². The van der Waals surface area contributed by atoms with Crippen LogP contribution in [0.3, 0.4) is 0 Å². The Hall–Kier alpha value is -0.693. The highest BCUT2D eigenvalue weighted by atomic mass is 32.1. The lowest BCUT2D eigenvalue weighted by molar-refractivity contribution is -0.145. The topological polar surface area (TPSA) is 64.6 Å². The number of thiol groups is 1. The summed E-state index contributed by atoms with van der Waals surface area (Å²) in [5, 5.41) is 2.47. The number of hydrogen-bond donors (Lipinski definition) is 2. The fourth-order valence-electron chi connectivity index (χ4n) is 1.19. The molecule has 118 valence electrons. The quantitative estimate of drug-likeness (QED) is 0.448. The van der Waals surface area contributed by atoms with Crippen molar-refractivity contribution in [3.8, 4) is 0 Å². The van der Waals surface area contributed by atoms with E-state index < -0.39 is 31.8 Å². The summed E-state index contributed by atoms with van der Waals surface area (Å²) in [6, 6.07) is 0.111. The number of rotatable bonds is 6. The number of carbonyl (C=O) groups is 2. The van der Waals surface area contributed by atoms with E-state index in [1.54, 1.807) is 20.8 Å². The standard InChI is InChI=1S/C13H27NO4SSi/c1-13(2,3)18-12(16)14-10(9-19)11(15)17-7-8-20(4,5)6/h10,19H,7-9H2,1-6H3,(H,14,16)/t10-/m0/s1. The summed E-state index contributed by atoms with van der Waals surface area (Å²) in [6.45, 7) is 12.3. The molecule has 0 aromatic carbocycles. The smallest absolute Gasteiger partial charge is 0.408 e. The van der Waals surface area contributed by atoms with Gasteiger partial charge in [0.05, 0.1) is 6.61 Å². The SMILES string of the molecule is CC(C)(C)OC(=O)N[C@@H](CS)C(=O)OCC[Si](C)(C)C. The van der Waals surface area contributed by atoms with Gasteiger partial charge >= 0.3 is 12.1 Å². The van der Waals surface area contributed by atoms with Crippen molar-refractivity contribution in [1.82, 2.24) is 5.32 Å². The normalized spacial score (nSPS) is 13.6. The predicted octanol–water partition coefficient (Wildman–Crippen LogP) is 2.69. The second-order valence-electron chi connectivity index (χ2n) is 6.86. The van der Waals surface area contributed by atoms with Gasteiger partial charge in [0.2, 0.25) is 0 Å². The van der Waals surface area contributed by atoms with Gasteiger partial charge in [0, 0.05) is 13.8 Å². The fourth-order valence-corrected chi connectivity index (χ4v) is 2.14. The molecule has 0 fully saturated rings. The Balaban J connectivity index is 4.25. The first kappa shape index (κ1) is 19.3. The van der Waals surface area contributed by atoms with Crippen molar-refractivity contribution in [2.75, 3.05) is 12.4 Å². The average Bonchev–Trinajstić information content (AvgIpc) is 2.21. The van der Waals surface area contributed by atoms with Gasteiger partial charge in [-0.2, -0.15) is 12.6 Å². The molecule has 0 heterocycles. The number of amides is 1. The molecule has 0 bridgehead atoms. The Morgan fingerprint density at radius 2 is 1.80 bits per heavy atom. The van der Waals surface area contributed by atoms with E-state index in [0.717, 1.165) is 6.04 Å². The molecule has 1 atom stereocenters. The molecule has 0 saturated carbocycles. The van der Waals surface area contributed by atoms with Crippen LogP contribution in [0.2, 0.25) is 25.7 Å². The number of hydrogen-bond acceptors (Lipinski definition) is 5.